The molecule has 0 bridgehead atoms. The van der Waals surface area contributed by atoms with Gasteiger partial charge >= 0.3 is 0 Å². The third-order valence-electron chi connectivity index (χ3n) is 3.94. The number of amides is 1. The zero-order valence-corrected chi connectivity index (χ0v) is 15.7. The standard InChI is InChI=1S/C16H18Cl2N4O5/c1-26-16-13(15(25)14(24)11(27-16)7-20-22-19)21-12(23)5-3-8-2-4-9(17)10(18)6-8/h2-6,11,13-16,24-25H,7H2,1H3,(H,21,23)/t11-,13-,14-,15-,16?/m1/s1. The van der Waals surface area contributed by atoms with Gasteiger partial charge in [-0.2, -0.15) is 0 Å². The van der Waals surface area contributed by atoms with Crippen molar-refractivity contribution < 1.29 is 24.5 Å². The average molecular weight is 417 g/mol. The molecule has 2 rings (SSSR count). The summed E-state index contributed by atoms with van der Waals surface area (Å²) >= 11 is 11.8. The minimum atomic E-state index is -1.38. The van der Waals surface area contributed by atoms with E-state index in [1.54, 1.807) is 18.2 Å². The summed E-state index contributed by atoms with van der Waals surface area (Å²) in [6.45, 7) is -0.188. The number of methoxy groups -OCH3 is 1. The van der Waals surface area contributed by atoms with Crippen LogP contribution in [-0.4, -0.2) is 60.4 Å². The van der Waals surface area contributed by atoms with Gasteiger partial charge in [0.2, 0.25) is 5.91 Å². The highest BCUT2D eigenvalue weighted by Crippen LogP contribution is 2.24. The first-order valence-corrected chi connectivity index (χ1v) is 8.61. The Bertz CT molecular complexity index is 754. The number of azide groups is 1. The van der Waals surface area contributed by atoms with Crippen LogP contribution in [0.1, 0.15) is 5.56 Å². The van der Waals surface area contributed by atoms with E-state index >= 15 is 0 Å². The van der Waals surface area contributed by atoms with Gasteiger partial charge in [0.05, 0.1) is 22.7 Å². The van der Waals surface area contributed by atoms with Gasteiger partial charge in [-0.15, -0.1) is 0 Å². The normalized spacial score (nSPS) is 28.0. The van der Waals surface area contributed by atoms with Crippen molar-refractivity contribution in [2.45, 2.75) is 30.6 Å². The van der Waals surface area contributed by atoms with E-state index < -0.39 is 36.6 Å². The first-order valence-electron chi connectivity index (χ1n) is 7.86. The molecule has 0 spiro atoms. The minimum Gasteiger partial charge on any atom is -0.388 e. The van der Waals surface area contributed by atoms with Crippen LogP contribution in [-0.2, 0) is 14.3 Å². The second-order valence-corrected chi connectivity index (χ2v) is 6.53. The van der Waals surface area contributed by atoms with Crippen molar-refractivity contribution in [3.63, 3.8) is 0 Å². The van der Waals surface area contributed by atoms with Crippen molar-refractivity contribution in [2.75, 3.05) is 13.7 Å². The summed E-state index contributed by atoms with van der Waals surface area (Å²) in [5.74, 6) is -0.545. The zero-order valence-electron chi connectivity index (χ0n) is 14.2. The number of nitrogens with zero attached hydrogens (tertiary/aromatic N) is 3. The van der Waals surface area contributed by atoms with E-state index in [9.17, 15) is 15.0 Å². The lowest BCUT2D eigenvalue weighted by molar-refractivity contribution is -0.253. The highest BCUT2D eigenvalue weighted by molar-refractivity contribution is 6.42. The summed E-state index contributed by atoms with van der Waals surface area (Å²) in [5.41, 5.74) is 9.03. The molecule has 11 heteroatoms. The topological polar surface area (TPSA) is 137 Å². The number of carbonyl (C=O) groups is 1. The molecule has 3 N–H and O–H groups in total. The maximum atomic E-state index is 12.2. The lowest BCUT2D eigenvalue weighted by Crippen LogP contribution is -2.64. The number of halogens is 2. The van der Waals surface area contributed by atoms with Gasteiger partial charge in [0, 0.05) is 18.1 Å². The fraction of sp³-hybridized carbons (Fsp3) is 0.438. The molecule has 1 saturated heterocycles. The fourth-order valence-corrected chi connectivity index (χ4v) is 2.86. The molecule has 27 heavy (non-hydrogen) atoms. The van der Waals surface area contributed by atoms with Crippen molar-refractivity contribution in [2.24, 2.45) is 5.11 Å². The Morgan fingerprint density at radius 1 is 1.41 bits per heavy atom. The maximum Gasteiger partial charge on any atom is 0.244 e. The monoisotopic (exact) mass is 416 g/mol. The molecule has 1 unspecified atom stereocenters. The van der Waals surface area contributed by atoms with Crippen molar-refractivity contribution in [3.8, 4) is 0 Å². The van der Waals surface area contributed by atoms with Crippen molar-refractivity contribution in [3.05, 3.63) is 50.3 Å². The Kier molecular flexibility index (Phi) is 7.88. The van der Waals surface area contributed by atoms with Crippen LogP contribution < -0.4 is 5.32 Å². The number of hydrogen-bond acceptors (Lipinski definition) is 6. The number of nitrogens with one attached hydrogen (secondary N) is 1. The number of aliphatic hydroxyl groups excluding tert-OH is 2. The van der Waals surface area contributed by atoms with Gasteiger partial charge < -0.3 is 25.0 Å². The van der Waals surface area contributed by atoms with Crippen molar-refractivity contribution in [1.29, 1.82) is 0 Å². The van der Waals surface area contributed by atoms with E-state index in [1.807, 2.05) is 0 Å². The largest absolute Gasteiger partial charge is 0.388 e. The predicted octanol–water partition coefficient (Wildman–Crippen LogP) is 1.89. The third kappa shape index (κ3) is 5.57. The summed E-state index contributed by atoms with van der Waals surface area (Å²) in [6.07, 6.45) is -2.00. The van der Waals surface area contributed by atoms with Crippen molar-refractivity contribution in [1.82, 2.24) is 5.32 Å². The van der Waals surface area contributed by atoms with E-state index in [4.69, 9.17) is 38.2 Å². The van der Waals surface area contributed by atoms with E-state index in [2.05, 4.69) is 15.3 Å². The van der Waals surface area contributed by atoms with Gasteiger partial charge in [0.15, 0.2) is 6.29 Å². The SMILES string of the molecule is COC1O[C@H](CN=[N+]=[N-])[C@@H](O)[C@H](O)[C@H]1NC(=O)C=Cc1ccc(Cl)c(Cl)c1. The quantitative estimate of drug-likeness (QED) is 0.281. The minimum absolute atomic E-state index is 0.188. The Labute approximate surface area is 165 Å². The summed E-state index contributed by atoms with van der Waals surface area (Å²) in [4.78, 5) is 14.8. The fourth-order valence-electron chi connectivity index (χ4n) is 2.55. The van der Waals surface area contributed by atoms with Crippen LogP contribution in [0.4, 0.5) is 0 Å². The Morgan fingerprint density at radius 3 is 2.78 bits per heavy atom. The number of aliphatic hydroxyl groups is 2. The van der Waals surface area contributed by atoms with E-state index in [1.165, 1.54) is 19.3 Å². The van der Waals surface area contributed by atoms with Crippen LogP contribution in [0.2, 0.25) is 10.0 Å². The third-order valence-corrected chi connectivity index (χ3v) is 4.68. The smallest absolute Gasteiger partial charge is 0.244 e. The van der Waals surface area contributed by atoms with E-state index in [0.29, 0.717) is 15.6 Å². The van der Waals surface area contributed by atoms with Gasteiger partial charge in [0.25, 0.3) is 0 Å². The summed E-state index contributed by atoms with van der Waals surface area (Å²) in [5, 5.41) is 27.0. The molecule has 1 aromatic carbocycles. The molecule has 1 aromatic rings. The molecule has 146 valence electrons. The molecule has 0 radical (unpaired) electrons. The maximum absolute atomic E-state index is 12.2. The first-order chi connectivity index (χ1) is 12.9. The molecule has 1 aliphatic heterocycles. The molecule has 9 nitrogen and oxygen atoms in total. The van der Waals surface area contributed by atoms with Crippen LogP contribution in [0.3, 0.4) is 0 Å². The molecule has 5 atom stereocenters. The molecule has 1 amide bonds. The van der Waals surface area contributed by atoms with Crippen LogP contribution in [0, 0.1) is 0 Å². The summed E-state index contributed by atoms with van der Waals surface area (Å²) in [7, 11) is 1.32. The summed E-state index contributed by atoms with van der Waals surface area (Å²) < 4.78 is 10.6. The molecule has 0 aromatic heterocycles. The molecule has 1 fully saturated rings. The second-order valence-electron chi connectivity index (χ2n) is 5.71. The number of carbonyl (C=O) groups excluding carboxylic acids is 1. The van der Waals surface area contributed by atoms with Crippen LogP contribution >= 0.6 is 23.2 Å². The van der Waals surface area contributed by atoms with Gasteiger partial charge in [0.1, 0.15) is 18.2 Å². The predicted molar refractivity (Wildman–Crippen MR) is 99.1 cm³/mol. The molecular weight excluding hydrogens is 399 g/mol. The lowest BCUT2D eigenvalue weighted by atomic mass is 9.96. The number of benzene rings is 1. The van der Waals surface area contributed by atoms with Crippen LogP contribution in [0.5, 0.6) is 0 Å². The van der Waals surface area contributed by atoms with Gasteiger partial charge in [-0.05, 0) is 29.3 Å². The molecule has 0 saturated carbocycles. The summed E-state index contributed by atoms with van der Waals surface area (Å²) in [6, 6.07) is 3.84. The Balaban J connectivity index is 2.05. The highest BCUT2D eigenvalue weighted by atomic mass is 35.5. The zero-order chi connectivity index (χ0) is 20.0. The van der Waals surface area contributed by atoms with Crippen LogP contribution in [0.25, 0.3) is 16.5 Å². The number of hydrogen-bond donors (Lipinski definition) is 3. The lowest BCUT2D eigenvalue weighted by Gasteiger charge is -2.41. The van der Waals surface area contributed by atoms with Crippen LogP contribution in [0.15, 0.2) is 29.4 Å². The second kappa shape index (κ2) is 9.91. The van der Waals surface area contributed by atoms with Gasteiger partial charge in [-0.25, -0.2) is 0 Å². The highest BCUT2D eigenvalue weighted by Gasteiger charge is 2.44. The molecule has 1 aliphatic rings. The van der Waals surface area contributed by atoms with Crippen molar-refractivity contribution >= 4 is 35.2 Å². The first kappa shape index (κ1) is 21.5. The van der Waals surface area contributed by atoms with E-state index in [0.717, 1.165) is 0 Å². The number of rotatable bonds is 6. The number of ether oxygens (including phenoxy) is 2. The molecular formula is C16H18Cl2N4O5. The molecule has 0 aliphatic carbocycles. The Hall–Kier alpha value is -1.84. The van der Waals surface area contributed by atoms with Gasteiger partial charge in [-0.1, -0.05) is 34.4 Å². The average Bonchev–Trinajstić information content (AvgIpc) is 2.66. The van der Waals surface area contributed by atoms with Gasteiger partial charge in [-0.3, -0.25) is 4.79 Å². The molecule has 1 heterocycles. The van der Waals surface area contributed by atoms with E-state index in [-0.39, 0.29) is 6.54 Å². The Morgan fingerprint density at radius 2 is 2.15 bits per heavy atom.